The Morgan fingerprint density at radius 3 is 3.00 bits per heavy atom. The van der Waals surface area contributed by atoms with Gasteiger partial charge >= 0.3 is 0 Å². The standard InChI is InChI=1S/C15H23N3/c1-2-18-11-4-3-7-14(18)13-6-5-10-16-15(13)17-12-8-9-12/h5-6,10,12,14H,2-4,7-9,11H2,1H3,(H,16,17)/t14-/m1/s1. The van der Waals surface area contributed by atoms with Crippen molar-refractivity contribution in [1.82, 2.24) is 9.88 Å². The van der Waals surface area contributed by atoms with Crippen molar-refractivity contribution in [3.8, 4) is 0 Å². The normalized spacial score (nSPS) is 25.1. The monoisotopic (exact) mass is 245 g/mol. The van der Waals surface area contributed by atoms with E-state index in [9.17, 15) is 0 Å². The molecule has 98 valence electrons. The first kappa shape index (κ1) is 12.0. The molecule has 18 heavy (non-hydrogen) atoms. The van der Waals surface area contributed by atoms with Crippen LogP contribution >= 0.6 is 0 Å². The number of likely N-dealkylation sites (tertiary alicyclic amines) is 1. The highest BCUT2D eigenvalue weighted by Gasteiger charge is 2.27. The molecule has 0 radical (unpaired) electrons. The third kappa shape index (κ3) is 2.51. The zero-order chi connectivity index (χ0) is 12.4. The summed E-state index contributed by atoms with van der Waals surface area (Å²) in [5.74, 6) is 1.13. The fraction of sp³-hybridized carbons (Fsp3) is 0.667. The molecule has 1 aromatic heterocycles. The number of nitrogens with zero attached hydrogens (tertiary/aromatic N) is 2. The van der Waals surface area contributed by atoms with Crippen LogP contribution in [0, 0.1) is 0 Å². The molecule has 0 bridgehead atoms. The Bertz CT molecular complexity index is 400. The van der Waals surface area contributed by atoms with Crippen molar-refractivity contribution >= 4 is 5.82 Å². The first-order valence-electron chi connectivity index (χ1n) is 7.34. The first-order chi connectivity index (χ1) is 8.88. The van der Waals surface area contributed by atoms with Gasteiger partial charge in [0.2, 0.25) is 0 Å². The number of anilines is 1. The van der Waals surface area contributed by atoms with Gasteiger partial charge in [-0.15, -0.1) is 0 Å². The number of piperidine rings is 1. The largest absolute Gasteiger partial charge is 0.367 e. The van der Waals surface area contributed by atoms with Crippen LogP contribution in [-0.2, 0) is 0 Å². The lowest BCUT2D eigenvalue weighted by molar-refractivity contribution is 0.157. The summed E-state index contributed by atoms with van der Waals surface area (Å²) in [6, 6.07) is 5.59. The molecule has 1 aliphatic carbocycles. The molecule has 1 N–H and O–H groups in total. The van der Waals surface area contributed by atoms with E-state index in [1.54, 1.807) is 0 Å². The summed E-state index contributed by atoms with van der Waals surface area (Å²) in [6.45, 7) is 4.64. The molecule has 3 heteroatoms. The van der Waals surface area contributed by atoms with Crippen LogP contribution in [0.4, 0.5) is 5.82 Å². The molecule has 0 spiro atoms. The van der Waals surface area contributed by atoms with E-state index in [1.807, 2.05) is 6.20 Å². The van der Waals surface area contributed by atoms with Crippen LogP contribution in [0.15, 0.2) is 18.3 Å². The summed E-state index contributed by atoms with van der Waals surface area (Å²) in [5, 5.41) is 3.59. The Balaban J connectivity index is 1.84. The fourth-order valence-electron chi connectivity index (χ4n) is 2.95. The summed E-state index contributed by atoms with van der Waals surface area (Å²) in [6.07, 6.45) is 8.48. The summed E-state index contributed by atoms with van der Waals surface area (Å²) >= 11 is 0. The topological polar surface area (TPSA) is 28.2 Å². The molecule has 1 aliphatic heterocycles. The van der Waals surface area contributed by atoms with Crippen LogP contribution in [0.25, 0.3) is 0 Å². The number of pyridine rings is 1. The molecule has 0 unspecified atom stereocenters. The second-order valence-corrected chi connectivity index (χ2v) is 5.50. The lowest BCUT2D eigenvalue weighted by Gasteiger charge is -2.35. The molecule has 0 aromatic carbocycles. The Labute approximate surface area is 110 Å². The van der Waals surface area contributed by atoms with Crippen LogP contribution in [0.1, 0.15) is 50.6 Å². The van der Waals surface area contributed by atoms with Crippen molar-refractivity contribution in [2.45, 2.75) is 51.1 Å². The zero-order valence-electron chi connectivity index (χ0n) is 11.2. The van der Waals surface area contributed by atoms with Crippen LogP contribution in [-0.4, -0.2) is 29.0 Å². The van der Waals surface area contributed by atoms with E-state index in [2.05, 4.69) is 34.3 Å². The van der Waals surface area contributed by atoms with E-state index in [0.29, 0.717) is 12.1 Å². The van der Waals surface area contributed by atoms with Crippen molar-refractivity contribution < 1.29 is 0 Å². The minimum atomic E-state index is 0.568. The second-order valence-electron chi connectivity index (χ2n) is 5.50. The maximum Gasteiger partial charge on any atom is 0.130 e. The molecule has 1 saturated carbocycles. The van der Waals surface area contributed by atoms with Crippen molar-refractivity contribution in [3.63, 3.8) is 0 Å². The minimum Gasteiger partial charge on any atom is -0.367 e. The van der Waals surface area contributed by atoms with Crippen molar-refractivity contribution in [1.29, 1.82) is 0 Å². The van der Waals surface area contributed by atoms with Crippen LogP contribution in [0.2, 0.25) is 0 Å². The first-order valence-corrected chi connectivity index (χ1v) is 7.34. The summed E-state index contributed by atoms with van der Waals surface area (Å²) < 4.78 is 0. The van der Waals surface area contributed by atoms with E-state index >= 15 is 0 Å². The predicted octanol–water partition coefficient (Wildman–Crippen LogP) is 3.20. The quantitative estimate of drug-likeness (QED) is 0.883. The Kier molecular flexibility index (Phi) is 3.50. The number of rotatable bonds is 4. The Morgan fingerprint density at radius 2 is 2.22 bits per heavy atom. The predicted molar refractivity (Wildman–Crippen MR) is 74.7 cm³/mol. The SMILES string of the molecule is CCN1CCCC[C@@H]1c1cccnc1NC1CC1. The van der Waals surface area contributed by atoms with E-state index in [-0.39, 0.29) is 0 Å². The lowest BCUT2D eigenvalue weighted by Crippen LogP contribution is -2.33. The molecule has 1 aromatic rings. The van der Waals surface area contributed by atoms with E-state index < -0.39 is 0 Å². The molecule has 2 heterocycles. The van der Waals surface area contributed by atoms with Crippen molar-refractivity contribution in [3.05, 3.63) is 23.9 Å². The lowest BCUT2D eigenvalue weighted by atomic mass is 9.95. The average molecular weight is 245 g/mol. The maximum atomic E-state index is 4.57. The average Bonchev–Trinajstić information content (AvgIpc) is 3.23. The number of hydrogen-bond acceptors (Lipinski definition) is 3. The zero-order valence-corrected chi connectivity index (χ0v) is 11.2. The highest BCUT2D eigenvalue weighted by Crippen LogP contribution is 2.35. The number of nitrogens with one attached hydrogen (secondary N) is 1. The molecular formula is C15H23N3. The van der Waals surface area contributed by atoms with Crippen LogP contribution < -0.4 is 5.32 Å². The number of hydrogen-bond donors (Lipinski definition) is 1. The van der Waals surface area contributed by atoms with Crippen molar-refractivity contribution in [2.24, 2.45) is 0 Å². The van der Waals surface area contributed by atoms with Gasteiger partial charge in [0, 0.05) is 23.8 Å². The van der Waals surface area contributed by atoms with Gasteiger partial charge in [0.15, 0.2) is 0 Å². The fourth-order valence-corrected chi connectivity index (χ4v) is 2.95. The van der Waals surface area contributed by atoms with Gasteiger partial charge in [-0.2, -0.15) is 0 Å². The van der Waals surface area contributed by atoms with Crippen LogP contribution in [0.5, 0.6) is 0 Å². The summed E-state index contributed by atoms with van der Waals surface area (Å²) in [5.41, 5.74) is 1.41. The maximum absolute atomic E-state index is 4.57. The van der Waals surface area contributed by atoms with Gasteiger partial charge in [-0.1, -0.05) is 19.4 Å². The highest BCUT2D eigenvalue weighted by molar-refractivity contribution is 5.47. The summed E-state index contributed by atoms with van der Waals surface area (Å²) in [4.78, 5) is 7.16. The molecule has 3 rings (SSSR count). The Hall–Kier alpha value is -1.09. The molecule has 0 amide bonds. The van der Waals surface area contributed by atoms with Gasteiger partial charge in [-0.3, -0.25) is 4.90 Å². The van der Waals surface area contributed by atoms with E-state index in [1.165, 1.54) is 44.2 Å². The van der Waals surface area contributed by atoms with E-state index in [4.69, 9.17) is 0 Å². The summed E-state index contributed by atoms with van der Waals surface area (Å²) in [7, 11) is 0. The molecular weight excluding hydrogens is 222 g/mol. The molecule has 2 aliphatic rings. The van der Waals surface area contributed by atoms with Gasteiger partial charge in [-0.25, -0.2) is 4.98 Å². The number of aromatic nitrogens is 1. The van der Waals surface area contributed by atoms with Crippen molar-refractivity contribution in [2.75, 3.05) is 18.4 Å². The molecule has 1 atom stereocenters. The van der Waals surface area contributed by atoms with Gasteiger partial charge in [0.1, 0.15) is 5.82 Å². The molecule has 1 saturated heterocycles. The highest BCUT2D eigenvalue weighted by atomic mass is 15.2. The third-order valence-electron chi connectivity index (χ3n) is 4.14. The minimum absolute atomic E-state index is 0.568. The van der Waals surface area contributed by atoms with E-state index in [0.717, 1.165) is 12.4 Å². The van der Waals surface area contributed by atoms with Gasteiger partial charge in [0.05, 0.1) is 0 Å². The van der Waals surface area contributed by atoms with Gasteiger partial charge in [0.25, 0.3) is 0 Å². The second kappa shape index (κ2) is 5.27. The molecule has 3 nitrogen and oxygen atoms in total. The smallest absolute Gasteiger partial charge is 0.130 e. The molecule has 2 fully saturated rings. The van der Waals surface area contributed by atoms with Gasteiger partial charge in [-0.05, 0) is 44.8 Å². The van der Waals surface area contributed by atoms with Gasteiger partial charge < -0.3 is 5.32 Å². The Morgan fingerprint density at radius 1 is 1.33 bits per heavy atom. The van der Waals surface area contributed by atoms with Crippen LogP contribution in [0.3, 0.4) is 0 Å². The third-order valence-corrected chi connectivity index (χ3v) is 4.14.